The monoisotopic (exact) mass is 245 g/mol. The molecule has 0 amide bonds. The number of nitrogen functional groups attached to an aromatic ring is 1. The molecule has 96 valence electrons. The molecule has 1 aromatic heterocycles. The maximum absolute atomic E-state index is 5.92. The van der Waals surface area contributed by atoms with Gasteiger partial charge in [-0.05, 0) is 30.7 Å². The number of methoxy groups -OCH3 is 1. The fourth-order valence-electron chi connectivity index (χ4n) is 2.83. The average molecular weight is 245 g/mol. The maximum Gasteiger partial charge on any atom is 0.0642 e. The Hall–Kier alpha value is -1.52. The summed E-state index contributed by atoms with van der Waals surface area (Å²) in [5, 5.41) is 4.78. The average Bonchev–Trinajstić information content (AvgIpc) is 2.70. The van der Waals surface area contributed by atoms with E-state index in [1.165, 1.54) is 22.2 Å². The number of aromatic nitrogens is 1. The summed E-state index contributed by atoms with van der Waals surface area (Å²) in [6.45, 7) is 3.60. The fraction of sp³-hybridized carbons (Fsp3) is 0.429. The Balaban J connectivity index is 2.19. The molecule has 18 heavy (non-hydrogen) atoms. The van der Waals surface area contributed by atoms with Crippen LogP contribution in [0.2, 0.25) is 0 Å². The summed E-state index contributed by atoms with van der Waals surface area (Å²) >= 11 is 0. The molecule has 0 bridgehead atoms. The van der Waals surface area contributed by atoms with Crippen LogP contribution >= 0.6 is 0 Å². The topological polar surface area (TPSA) is 52.2 Å². The van der Waals surface area contributed by atoms with Crippen molar-refractivity contribution >= 4 is 16.6 Å². The summed E-state index contributed by atoms with van der Waals surface area (Å²) in [6, 6.07) is 6.22. The van der Waals surface area contributed by atoms with Gasteiger partial charge in [0.2, 0.25) is 0 Å². The van der Waals surface area contributed by atoms with Gasteiger partial charge in [0, 0.05) is 37.0 Å². The summed E-state index contributed by atoms with van der Waals surface area (Å²) in [6.07, 6.45) is 1.09. The molecular formula is C14H19N3O. The zero-order valence-corrected chi connectivity index (χ0v) is 10.7. The lowest BCUT2D eigenvalue weighted by Crippen LogP contribution is -2.25. The quantitative estimate of drug-likeness (QED) is 0.806. The summed E-state index contributed by atoms with van der Waals surface area (Å²) in [5.74, 6) is 0. The molecule has 3 rings (SSSR count). The van der Waals surface area contributed by atoms with Gasteiger partial charge < -0.3 is 20.4 Å². The molecule has 4 nitrogen and oxygen atoms in total. The van der Waals surface area contributed by atoms with Crippen LogP contribution in [0.3, 0.4) is 0 Å². The number of nitrogens with two attached hydrogens (primary N) is 1. The number of fused-ring (bicyclic) bond motifs is 3. The van der Waals surface area contributed by atoms with E-state index in [0.717, 1.165) is 38.3 Å². The van der Waals surface area contributed by atoms with Gasteiger partial charge >= 0.3 is 0 Å². The van der Waals surface area contributed by atoms with E-state index in [-0.39, 0.29) is 0 Å². The lowest BCUT2D eigenvalue weighted by Gasteiger charge is -2.17. The van der Waals surface area contributed by atoms with Crippen molar-refractivity contribution in [3.8, 4) is 0 Å². The van der Waals surface area contributed by atoms with Gasteiger partial charge in [0.05, 0.1) is 12.1 Å². The maximum atomic E-state index is 5.92. The summed E-state index contributed by atoms with van der Waals surface area (Å²) in [7, 11) is 1.74. The van der Waals surface area contributed by atoms with Crippen molar-refractivity contribution in [1.82, 2.24) is 9.88 Å². The largest absolute Gasteiger partial charge is 0.399 e. The van der Waals surface area contributed by atoms with E-state index >= 15 is 0 Å². The highest BCUT2D eigenvalue weighted by molar-refractivity contribution is 5.88. The third-order valence-electron chi connectivity index (χ3n) is 3.68. The number of ether oxygens (including phenoxy) is 1. The van der Waals surface area contributed by atoms with Crippen LogP contribution in [-0.2, 0) is 24.2 Å². The van der Waals surface area contributed by atoms with Crippen LogP contribution in [-0.4, -0.2) is 24.8 Å². The van der Waals surface area contributed by atoms with Gasteiger partial charge in [-0.3, -0.25) is 0 Å². The number of benzene rings is 1. The Kier molecular flexibility index (Phi) is 2.97. The van der Waals surface area contributed by atoms with E-state index in [9.17, 15) is 0 Å². The van der Waals surface area contributed by atoms with Crippen LogP contribution in [0.15, 0.2) is 18.2 Å². The number of nitrogens with zero attached hydrogens (tertiary/aromatic N) is 1. The van der Waals surface area contributed by atoms with E-state index in [4.69, 9.17) is 10.5 Å². The first-order valence-corrected chi connectivity index (χ1v) is 6.40. The number of hydrogen-bond acceptors (Lipinski definition) is 3. The Morgan fingerprint density at radius 2 is 2.33 bits per heavy atom. The van der Waals surface area contributed by atoms with Gasteiger partial charge in [0.15, 0.2) is 0 Å². The number of rotatable bonds is 3. The Morgan fingerprint density at radius 3 is 3.17 bits per heavy atom. The number of anilines is 1. The van der Waals surface area contributed by atoms with E-state index in [1.54, 1.807) is 7.11 Å². The van der Waals surface area contributed by atoms with Crippen molar-refractivity contribution < 1.29 is 4.74 Å². The highest BCUT2D eigenvalue weighted by Crippen LogP contribution is 2.29. The molecule has 4 heteroatoms. The zero-order valence-electron chi connectivity index (χ0n) is 10.7. The minimum absolute atomic E-state index is 0.727. The molecule has 0 saturated carbocycles. The van der Waals surface area contributed by atoms with Gasteiger partial charge in [-0.15, -0.1) is 0 Å². The van der Waals surface area contributed by atoms with Crippen molar-refractivity contribution in [2.24, 2.45) is 0 Å². The van der Waals surface area contributed by atoms with Gasteiger partial charge in [-0.1, -0.05) is 6.07 Å². The van der Waals surface area contributed by atoms with E-state index < -0.39 is 0 Å². The zero-order chi connectivity index (χ0) is 12.5. The molecule has 0 unspecified atom stereocenters. The van der Waals surface area contributed by atoms with Crippen LogP contribution in [0, 0.1) is 0 Å². The molecule has 0 aliphatic carbocycles. The highest BCUT2D eigenvalue weighted by Gasteiger charge is 2.19. The van der Waals surface area contributed by atoms with Gasteiger partial charge in [-0.2, -0.15) is 0 Å². The highest BCUT2D eigenvalue weighted by atomic mass is 16.5. The van der Waals surface area contributed by atoms with Crippen molar-refractivity contribution in [2.75, 3.05) is 26.0 Å². The lowest BCUT2D eigenvalue weighted by molar-refractivity contribution is 0.187. The summed E-state index contributed by atoms with van der Waals surface area (Å²) in [4.78, 5) is 0. The van der Waals surface area contributed by atoms with Crippen LogP contribution in [0.25, 0.3) is 10.9 Å². The Morgan fingerprint density at radius 1 is 1.44 bits per heavy atom. The third-order valence-corrected chi connectivity index (χ3v) is 3.68. The molecule has 3 N–H and O–H groups in total. The summed E-state index contributed by atoms with van der Waals surface area (Å²) < 4.78 is 7.56. The molecular weight excluding hydrogens is 226 g/mol. The normalized spacial score (nSPS) is 14.9. The predicted molar refractivity (Wildman–Crippen MR) is 73.6 cm³/mol. The predicted octanol–water partition coefficient (Wildman–Crippen LogP) is 1.52. The first-order chi connectivity index (χ1) is 8.81. The first kappa shape index (κ1) is 11.6. The molecule has 1 aliphatic rings. The van der Waals surface area contributed by atoms with E-state index in [2.05, 4.69) is 22.0 Å². The van der Waals surface area contributed by atoms with Crippen molar-refractivity contribution in [3.05, 3.63) is 29.5 Å². The summed E-state index contributed by atoms with van der Waals surface area (Å²) in [5.41, 5.74) is 10.8. The second-order valence-electron chi connectivity index (χ2n) is 4.77. The molecule has 0 spiro atoms. The Labute approximate surface area is 107 Å². The number of hydrogen-bond donors (Lipinski definition) is 2. The van der Waals surface area contributed by atoms with Crippen molar-refractivity contribution in [3.63, 3.8) is 0 Å². The molecule has 0 saturated heterocycles. The Bertz CT molecular complexity index is 574. The lowest BCUT2D eigenvalue weighted by atomic mass is 10.0. The van der Waals surface area contributed by atoms with Gasteiger partial charge in [0.25, 0.3) is 0 Å². The molecule has 2 aromatic rings. The van der Waals surface area contributed by atoms with Crippen LogP contribution < -0.4 is 11.1 Å². The van der Waals surface area contributed by atoms with Gasteiger partial charge in [-0.25, -0.2) is 0 Å². The second kappa shape index (κ2) is 4.63. The smallest absolute Gasteiger partial charge is 0.0642 e. The molecule has 1 aromatic carbocycles. The van der Waals surface area contributed by atoms with Crippen LogP contribution in [0.1, 0.15) is 11.3 Å². The third kappa shape index (κ3) is 1.78. The van der Waals surface area contributed by atoms with Crippen LogP contribution in [0.4, 0.5) is 5.69 Å². The molecule has 0 atom stereocenters. The van der Waals surface area contributed by atoms with E-state index in [0.29, 0.717) is 0 Å². The first-order valence-electron chi connectivity index (χ1n) is 6.40. The molecule has 0 fully saturated rings. The van der Waals surface area contributed by atoms with Crippen LogP contribution in [0.5, 0.6) is 0 Å². The minimum atomic E-state index is 0.727. The van der Waals surface area contributed by atoms with Crippen molar-refractivity contribution in [2.45, 2.75) is 19.5 Å². The molecule has 1 aliphatic heterocycles. The molecule has 2 heterocycles. The van der Waals surface area contributed by atoms with E-state index in [1.807, 2.05) is 6.07 Å². The number of nitrogens with one attached hydrogen (secondary N) is 1. The SMILES string of the molecule is COCCn1c2c(c3ccc(N)cc31)CCNC2. The fourth-order valence-corrected chi connectivity index (χ4v) is 2.83. The second-order valence-corrected chi connectivity index (χ2v) is 4.77. The standard InChI is InChI=1S/C14H19N3O/c1-18-7-6-17-13-8-10(15)2-3-11(13)12-4-5-16-9-14(12)17/h2-3,8,16H,4-7,9,15H2,1H3. The minimum Gasteiger partial charge on any atom is -0.399 e. The van der Waals surface area contributed by atoms with Crippen molar-refractivity contribution in [1.29, 1.82) is 0 Å². The molecule has 0 radical (unpaired) electrons. The van der Waals surface area contributed by atoms with Gasteiger partial charge in [0.1, 0.15) is 0 Å².